The summed E-state index contributed by atoms with van der Waals surface area (Å²) in [6.07, 6.45) is 1.40. The molecule has 0 fully saturated rings. The third-order valence-corrected chi connectivity index (χ3v) is 3.30. The molecule has 1 aliphatic rings. The predicted molar refractivity (Wildman–Crippen MR) is 88.3 cm³/mol. The highest BCUT2D eigenvalue weighted by Gasteiger charge is 2.17. The fourth-order valence-corrected chi connectivity index (χ4v) is 2.21. The van der Waals surface area contributed by atoms with E-state index in [0.717, 1.165) is 0 Å². The number of aliphatic hydroxyl groups is 1. The lowest BCUT2D eigenvalue weighted by atomic mass is 10.2. The number of carbonyl (C=O) groups excluding carboxylic acids is 2. The average Bonchev–Trinajstić information content (AvgIpc) is 2.59. The molecule has 0 spiro atoms. The van der Waals surface area contributed by atoms with Crippen molar-refractivity contribution in [2.24, 2.45) is 0 Å². The standard InChI is InChI=1S/C16H16N4O4/c21-4-5-24-12-3-1-2-11(7-12)19-16(23)10-6-13-15(18-8-10)20-14(22)9-17-13/h1-3,6-8,17,21H,4-5,9H2,(H,19,23)(H,18,20,22). The number of fused-ring (bicyclic) bond motifs is 1. The molecule has 1 aromatic heterocycles. The van der Waals surface area contributed by atoms with Crippen LogP contribution >= 0.6 is 0 Å². The van der Waals surface area contributed by atoms with E-state index in [-0.39, 0.29) is 31.6 Å². The fraction of sp³-hybridized carbons (Fsp3) is 0.188. The topological polar surface area (TPSA) is 113 Å². The number of amides is 2. The molecule has 1 aliphatic heterocycles. The van der Waals surface area contributed by atoms with E-state index in [1.165, 1.54) is 6.20 Å². The third-order valence-electron chi connectivity index (χ3n) is 3.30. The Balaban J connectivity index is 1.72. The van der Waals surface area contributed by atoms with Crippen molar-refractivity contribution in [1.82, 2.24) is 4.98 Å². The maximum Gasteiger partial charge on any atom is 0.257 e. The second-order valence-electron chi connectivity index (χ2n) is 5.08. The Hall–Kier alpha value is -3.13. The number of carbonyl (C=O) groups is 2. The van der Waals surface area contributed by atoms with E-state index in [2.05, 4.69) is 20.9 Å². The van der Waals surface area contributed by atoms with E-state index >= 15 is 0 Å². The summed E-state index contributed by atoms with van der Waals surface area (Å²) in [5, 5.41) is 17.1. The van der Waals surface area contributed by atoms with E-state index in [1.807, 2.05) is 0 Å². The number of ether oxygens (including phenoxy) is 1. The van der Waals surface area contributed by atoms with Gasteiger partial charge < -0.3 is 25.8 Å². The smallest absolute Gasteiger partial charge is 0.257 e. The lowest BCUT2D eigenvalue weighted by Crippen LogP contribution is -2.28. The van der Waals surface area contributed by atoms with Gasteiger partial charge >= 0.3 is 0 Å². The average molecular weight is 328 g/mol. The summed E-state index contributed by atoms with van der Waals surface area (Å²) >= 11 is 0. The van der Waals surface area contributed by atoms with Crippen molar-refractivity contribution in [2.45, 2.75) is 0 Å². The van der Waals surface area contributed by atoms with Crippen LogP contribution in [0.2, 0.25) is 0 Å². The molecule has 2 amide bonds. The zero-order valence-electron chi connectivity index (χ0n) is 12.7. The van der Waals surface area contributed by atoms with Gasteiger partial charge in [-0.15, -0.1) is 0 Å². The summed E-state index contributed by atoms with van der Waals surface area (Å²) in [7, 11) is 0. The minimum Gasteiger partial charge on any atom is -0.491 e. The Morgan fingerprint density at radius 2 is 2.25 bits per heavy atom. The molecular weight excluding hydrogens is 312 g/mol. The first kappa shape index (κ1) is 15.8. The number of nitrogens with zero attached hydrogens (tertiary/aromatic N) is 1. The Morgan fingerprint density at radius 1 is 1.38 bits per heavy atom. The van der Waals surface area contributed by atoms with Crippen molar-refractivity contribution in [2.75, 3.05) is 35.7 Å². The number of rotatable bonds is 5. The van der Waals surface area contributed by atoms with Crippen LogP contribution in [0.1, 0.15) is 10.4 Å². The van der Waals surface area contributed by atoms with Gasteiger partial charge in [-0.3, -0.25) is 9.59 Å². The van der Waals surface area contributed by atoms with Gasteiger partial charge in [0.25, 0.3) is 5.91 Å². The molecule has 0 saturated carbocycles. The first-order chi connectivity index (χ1) is 11.7. The minimum atomic E-state index is -0.330. The summed E-state index contributed by atoms with van der Waals surface area (Å²) in [6.45, 7) is 0.244. The molecule has 8 nitrogen and oxygen atoms in total. The zero-order valence-corrected chi connectivity index (χ0v) is 12.7. The van der Waals surface area contributed by atoms with Gasteiger partial charge in [0.1, 0.15) is 12.4 Å². The fourth-order valence-electron chi connectivity index (χ4n) is 2.21. The molecule has 0 bridgehead atoms. The summed E-state index contributed by atoms with van der Waals surface area (Å²) in [5.41, 5.74) is 1.52. The zero-order chi connectivity index (χ0) is 16.9. The normalized spacial score (nSPS) is 12.6. The number of pyridine rings is 1. The van der Waals surface area contributed by atoms with Crippen LogP contribution in [0.3, 0.4) is 0 Å². The van der Waals surface area contributed by atoms with Crippen LogP contribution in [0.25, 0.3) is 0 Å². The predicted octanol–water partition coefficient (Wildman–Crippen LogP) is 1.07. The SMILES string of the molecule is O=C1CNc2cc(C(=O)Nc3cccc(OCCO)c3)cnc2N1. The highest BCUT2D eigenvalue weighted by Crippen LogP contribution is 2.24. The van der Waals surface area contributed by atoms with Gasteiger partial charge in [-0.1, -0.05) is 6.07 Å². The maximum atomic E-state index is 12.3. The first-order valence-electron chi connectivity index (χ1n) is 7.34. The molecule has 4 N–H and O–H groups in total. The molecule has 1 aromatic carbocycles. The van der Waals surface area contributed by atoms with E-state index in [0.29, 0.717) is 28.5 Å². The van der Waals surface area contributed by atoms with Crippen molar-refractivity contribution in [1.29, 1.82) is 0 Å². The van der Waals surface area contributed by atoms with Gasteiger partial charge in [0.05, 0.1) is 24.4 Å². The van der Waals surface area contributed by atoms with Gasteiger partial charge in [0.2, 0.25) is 5.91 Å². The van der Waals surface area contributed by atoms with E-state index in [9.17, 15) is 9.59 Å². The van der Waals surface area contributed by atoms with E-state index < -0.39 is 0 Å². The van der Waals surface area contributed by atoms with Gasteiger partial charge in [0, 0.05) is 18.0 Å². The van der Waals surface area contributed by atoms with Crippen molar-refractivity contribution >= 4 is 29.0 Å². The number of benzene rings is 1. The molecule has 2 heterocycles. The number of hydrogen-bond donors (Lipinski definition) is 4. The quantitative estimate of drug-likeness (QED) is 0.653. The molecular formula is C16H16N4O4. The lowest BCUT2D eigenvalue weighted by Gasteiger charge is -2.18. The molecule has 3 rings (SSSR count). The van der Waals surface area contributed by atoms with Crippen molar-refractivity contribution in [3.05, 3.63) is 42.1 Å². The summed E-state index contributed by atoms with van der Waals surface area (Å²) in [5.74, 6) is 0.451. The lowest BCUT2D eigenvalue weighted by molar-refractivity contribution is -0.114. The molecule has 0 atom stereocenters. The highest BCUT2D eigenvalue weighted by atomic mass is 16.5. The van der Waals surface area contributed by atoms with E-state index in [1.54, 1.807) is 30.3 Å². The van der Waals surface area contributed by atoms with Gasteiger partial charge in [-0.25, -0.2) is 4.98 Å². The van der Waals surface area contributed by atoms with Crippen molar-refractivity contribution < 1.29 is 19.4 Å². The number of anilines is 3. The number of nitrogens with one attached hydrogen (secondary N) is 3. The molecule has 0 radical (unpaired) electrons. The van der Waals surface area contributed by atoms with Crippen LogP contribution in [-0.4, -0.2) is 41.7 Å². The van der Waals surface area contributed by atoms with Gasteiger partial charge in [-0.05, 0) is 18.2 Å². The number of hydrogen-bond acceptors (Lipinski definition) is 6. The molecule has 0 saturated heterocycles. The molecule has 24 heavy (non-hydrogen) atoms. The Labute approximate surface area is 137 Å². The molecule has 2 aromatic rings. The largest absolute Gasteiger partial charge is 0.491 e. The van der Waals surface area contributed by atoms with Crippen LogP contribution in [0.5, 0.6) is 5.75 Å². The van der Waals surface area contributed by atoms with Crippen molar-refractivity contribution in [3.63, 3.8) is 0 Å². The van der Waals surface area contributed by atoms with Crippen LogP contribution in [0.4, 0.5) is 17.2 Å². The van der Waals surface area contributed by atoms with Crippen LogP contribution in [-0.2, 0) is 4.79 Å². The molecule has 8 heteroatoms. The van der Waals surface area contributed by atoms with Crippen LogP contribution in [0.15, 0.2) is 36.5 Å². The van der Waals surface area contributed by atoms with Crippen LogP contribution in [0, 0.1) is 0 Å². The monoisotopic (exact) mass is 328 g/mol. The highest BCUT2D eigenvalue weighted by molar-refractivity contribution is 6.06. The van der Waals surface area contributed by atoms with E-state index in [4.69, 9.17) is 9.84 Å². The Kier molecular flexibility index (Phi) is 4.57. The summed E-state index contributed by atoms with van der Waals surface area (Å²) in [4.78, 5) is 27.7. The van der Waals surface area contributed by atoms with Crippen molar-refractivity contribution in [3.8, 4) is 5.75 Å². The Morgan fingerprint density at radius 3 is 3.08 bits per heavy atom. The van der Waals surface area contributed by atoms with Crippen LogP contribution < -0.4 is 20.7 Å². The molecule has 0 unspecified atom stereocenters. The third kappa shape index (κ3) is 3.61. The number of aromatic nitrogens is 1. The number of aliphatic hydroxyl groups excluding tert-OH is 1. The first-order valence-corrected chi connectivity index (χ1v) is 7.34. The Bertz CT molecular complexity index is 778. The minimum absolute atomic E-state index is 0.0824. The van der Waals surface area contributed by atoms with Gasteiger partial charge in [-0.2, -0.15) is 0 Å². The summed E-state index contributed by atoms with van der Waals surface area (Å²) < 4.78 is 5.30. The molecule has 124 valence electrons. The van der Waals surface area contributed by atoms with Gasteiger partial charge in [0.15, 0.2) is 5.82 Å². The maximum absolute atomic E-state index is 12.3. The second-order valence-corrected chi connectivity index (χ2v) is 5.08. The molecule has 0 aliphatic carbocycles. The summed E-state index contributed by atoms with van der Waals surface area (Å²) in [6, 6.07) is 8.50. The second kappa shape index (κ2) is 6.97.